The van der Waals surface area contributed by atoms with E-state index in [2.05, 4.69) is 45.1 Å². The third-order valence-corrected chi connectivity index (χ3v) is 4.19. The molecular weight excluding hydrogens is 308 g/mol. The molecule has 0 unspecified atom stereocenters. The van der Waals surface area contributed by atoms with Gasteiger partial charge in [-0.15, -0.1) is 0 Å². The highest BCUT2D eigenvalue weighted by atomic mass is 79.9. The molecule has 2 rings (SSSR count). The first kappa shape index (κ1) is 14.3. The van der Waals surface area contributed by atoms with Gasteiger partial charge in [-0.2, -0.15) is 0 Å². The second-order valence-electron chi connectivity index (χ2n) is 4.79. The third kappa shape index (κ3) is 2.90. The van der Waals surface area contributed by atoms with E-state index in [0.717, 1.165) is 28.9 Å². The van der Waals surface area contributed by atoms with Crippen molar-refractivity contribution in [3.05, 3.63) is 23.2 Å². The van der Waals surface area contributed by atoms with Gasteiger partial charge in [0.25, 0.3) is 0 Å². The summed E-state index contributed by atoms with van der Waals surface area (Å²) < 4.78 is 2.67. The molecule has 19 heavy (non-hydrogen) atoms. The molecule has 5 nitrogen and oxygen atoms in total. The summed E-state index contributed by atoms with van der Waals surface area (Å²) in [5.41, 5.74) is 0.690. The lowest BCUT2D eigenvalue weighted by Gasteiger charge is -2.29. The molecule has 0 atom stereocenters. The summed E-state index contributed by atoms with van der Waals surface area (Å²) in [4.78, 5) is 8.71. The number of rotatable bonds is 6. The van der Waals surface area contributed by atoms with Gasteiger partial charge >= 0.3 is 0 Å². The van der Waals surface area contributed by atoms with E-state index in [1.807, 2.05) is 16.8 Å². The fourth-order valence-electron chi connectivity index (χ4n) is 2.07. The van der Waals surface area contributed by atoms with Crippen LogP contribution in [0, 0.1) is 5.41 Å². The highest BCUT2D eigenvalue weighted by molar-refractivity contribution is 9.10. The minimum absolute atomic E-state index is 0.104. The molecule has 0 spiro atoms. The maximum Gasteiger partial charge on any atom is 0.180 e. The predicted octanol–water partition coefficient (Wildman–Crippen LogP) is 2.70. The van der Waals surface area contributed by atoms with Crippen LogP contribution in [0.25, 0.3) is 5.65 Å². The lowest BCUT2D eigenvalue weighted by Crippen LogP contribution is -2.32. The van der Waals surface area contributed by atoms with E-state index in [4.69, 9.17) is 0 Å². The van der Waals surface area contributed by atoms with Crippen molar-refractivity contribution in [3.8, 4) is 0 Å². The van der Waals surface area contributed by atoms with Crippen LogP contribution in [0.3, 0.4) is 0 Å². The van der Waals surface area contributed by atoms with Crippen molar-refractivity contribution in [1.29, 1.82) is 0 Å². The maximum atomic E-state index is 9.59. The summed E-state index contributed by atoms with van der Waals surface area (Å²) in [7, 11) is 0. The predicted molar refractivity (Wildman–Crippen MR) is 79.3 cm³/mol. The SMILES string of the molecule is CCC(CC)(CO)CNc1nc(Br)cn2ccnc12. The second kappa shape index (κ2) is 5.88. The number of nitrogens with zero attached hydrogens (tertiary/aromatic N) is 3. The van der Waals surface area contributed by atoms with Gasteiger partial charge in [0, 0.05) is 30.6 Å². The molecule has 0 fully saturated rings. The van der Waals surface area contributed by atoms with Crippen LogP contribution in [0.1, 0.15) is 26.7 Å². The molecule has 0 saturated heterocycles. The molecule has 6 heteroatoms. The van der Waals surface area contributed by atoms with Crippen LogP contribution in [0.15, 0.2) is 23.2 Å². The molecule has 0 amide bonds. The highest BCUT2D eigenvalue weighted by Gasteiger charge is 2.25. The average molecular weight is 327 g/mol. The first-order valence-corrected chi connectivity index (χ1v) is 7.27. The Morgan fingerprint density at radius 3 is 2.79 bits per heavy atom. The highest BCUT2D eigenvalue weighted by Crippen LogP contribution is 2.27. The van der Waals surface area contributed by atoms with Gasteiger partial charge in [0.15, 0.2) is 11.5 Å². The van der Waals surface area contributed by atoms with E-state index in [1.165, 1.54) is 0 Å². The number of aromatic nitrogens is 3. The summed E-state index contributed by atoms with van der Waals surface area (Å²) in [5, 5.41) is 12.9. The molecular formula is C13H19BrN4O. The molecule has 0 aliphatic carbocycles. The molecule has 0 radical (unpaired) electrons. The molecule has 0 saturated carbocycles. The van der Waals surface area contributed by atoms with E-state index in [0.29, 0.717) is 6.54 Å². The van der Waals surface area contributed by atoms with Crippen LogP contribution < -0.4 is 5.32 Å². The number of aliphatic hydroxyl groups excluding tert-OH is 1. The minimum atomic E-state index is -0.104. The maximum absolute atomic E-state index is 9.59. The lowest BCUT2D eigenvalue weighted by atomic mass is 9.83. The standard InChI is InChI=1S/C13H19BrN4O/c1-3-13(4-2,9-19)8-16-11-12-15-5-6-18(12)7-10(14)17-11/h5-7,19H,3-4,8-9H2,1-2H3,(H,16,17). The number of aliphatic hydroxyl groups is 1. The molecule has 0 aliphatic heterocycles. The Hall–Kier alpha value is -1.14. The Labute approximate surface area is 121 Å². The molecule has 2 heterocycles. The summed E-state index contributed by atoms with van der Waals surface area (Å²) in [6, 6.07) is 0. The number of nitrogens with one attached hydrogen (secondary N) is 1. The van der Waals surface area contributed by atoms with Gasteiger partial charge in [-0.25, -0.2) is 9.97 Å². The Bertz CT molecular complexity index is 542. The normalized spacial score (nSPS) is 12.0. The first-order valence-electron chi connectivity index (χ1n) is 6.48. The molecule has 0 aromatic carbocycles. The lowest BCUT2D eigenvalue weighted by molar-refractivity contribution is 0.127. The van der Waals surface area contributed by atoms with Crippen LogP contribution in [-0.2, 0) is 0 Å². The molecule has 2 aromatic rings. The van der Waals surface area contributed by atoms with Crippen molar-refractivity contribution in [1.82, 2.24) is 14.4 Å². The third-order valence-electron chi connectivity index (χ3n) is 3.81. The van der Waals surface area contributed by atoms with E-state index >= 15 is 0 Å². The number of hydrogen-bond acceptors (Lipinski definition) is 4. The zero-order valence-corrected chi connectivity index (χ0v) is 12.8. The van der Waals surface area contributed by atoms with Crippen molar-refractivity contribution in [2.75, 3.05) is 18.5 Å². The molecule has 2 aromatic heterocycles. The zero-order chi connectivity index (χ0) is 13.9. The molecule has 104 valence electrons. The Kier molecular flexibility index (Phi) is 4.42. The summed E-state index contributed by atoms with van der Waals surface area (Å²) in [6.07, 6.45) is 7.34. The van der Waals surface area contributed by atoms with Crippen molar-refractivity contribution >= 4 is 27.4 Å². The average Bonchev–Trinajstić information content (AvgIpc) is 2.88. The first-order chi connectivity index (χ1) is 9.14. The van der Waals surface area contributed by atoms with Crippen LogP contribution in [0.4, 0.5) is 5.82 Å². The second-order valence-corrected chi connectivity index (χ2v) is 5.60. The van der Waals surface area contributed by atoms with E-state index in [9.17, 15) is 5.11 Å². The van der Waals surface area contributed by atoms with E-state index in [1.54, 1.807) is 6.20 Å². The number of imidazole rings is 1. The Morgan fingerprint density at radius 2 is 2.16 bits per heavy atom. The van der Waals surface area contributed by atoms with Crippen molar-refractivity contribution < 1.29 is 5.11 Å². The number of hydrogen-bond donors (Lipinski definition) is 2. The van der Waals surface area contributed by atoms with Crippen LogP contribution >= 0.6 is 15.9 Å². The summed E-state index contributed by atoms with van der Waals surface area (Å²) in [6.45, 7) is 5.05. The van der Waals surface area contributed by atoms with E-state index < -0.39 is 0 Å². The fraction of sp³-hybridized carbons (Fsp3) is 0.538. The Morgan fingerprint density at radius 1 is 1.42 bits per heavy atom. The van der Waals surface area contributed by atoms with Gasteiger partial charge in [-0.1, -0.05) is 13.8 Å². The van der Waals surface area contributed by atoms with Crippen LogP contribution in [0.2, 0.25) is 0 Å². The molecule has 2 N–H and O–H groups in total. The van der Waals surface area contributed by atoms with E-state index in [-0.39, 0.29) is 12.0 Å². The largest absolute Gasteiger partial charge is 0.396 e. The fourth-order valence-corrected chi connectivity index (χ4v) is 2.47. The minimum Gasteiger partial charge on any atom is -0.396 e. The number of halogens is 1. The molecule has 0 aliphatic rings. The van der Waals surface area contributed by atoms with Crippen molar-refractivity contribution in [2.24, 2.45) is 5.41 Å². The summed E-state index contributed by atoms with van der Waals surface area (Å²) >= 11 is 3.39. The monoisotopic (exact) mass is 326 g/mol. The van der Waals surface area contributed by atoms with Crippen molar-refractivity contribution in [2.45, 2.75) is 26.7 Å². The van der Waals surface area contributed by atoms with Gasteiger partial charge in [-0.05, 0) is 28.8 Å². The van der Waals surface area contributed by atoms with Gasteiger partial charge in [-0.3, -0.25) is 0 Å². The quantitative estimate of drug-likeness (QED) is 0.856. The van der Waals surface area contributed by atoms with Crippen molar-refractivity contribution in [3.63, 3.8) is 0 Å². The van der Waals surface area contributed by atoms with Gasteiger partial charge in [0.2, 0.25) is 0 Å². The van der Waals surface area contributed by atoms with Gasteiger partial charge in [0.05, 0.1) is 6.61 Å². The Balaban J connectivity index is 2.24. The topological polar surface area (TPSA) is 62.5 Å². The van der Waals surface area contributed by atoms with Gasteiger partial charge < -0.3 is 14.8 Å². The van der Waals surface area contributed by atoms with Gasteiger partial charge in [0.1, 0.15) is 4.60 Å². The zero-order valence-electron chi connectivity index (χ0n) is 11.2. The van der Waals surface area contributed by atoms with Crippen LogP contribution in [-0.4, -0.2) is 32.6 Å². The summed E-state index contributed by atoms with van der Waals surface area (Å²) in [5.74, 6) is 0.735. The molecule has 0 bridgehead atoms. The smallest absolute Gasteiger partial charge is 0.180 e. The number of fused-ring (bicyclic) bond motifs is 1. The van der Waals surface area contributed by atoms with Crippen LogP contribution in [0.5, 0.6) is 0 Å². The number of anilines is 1.